The summed E-state index contributed by atoms with van der Waals surface area (Å²) < 4.78 is 15.7. The number of rotatable bonds is 4. The molecule has 1 aliphatic rings. The molecule has 0 bridgehead atoms. The molecule has 0 atom stereocenters. The SMILES string of the molecule is COC(=O)c1c2c(nc3ccc(C)cc13)CCN(C(=O)c1ccc(OC)cc1OC)C2. The zero-order valence-electron chi connectivity index (χ0n) is 18.0. The first kappa shape index (κ1) is 20.7. The molecule has 0 saturated heterocycles. The van der Waals surface area contributed by atoms with Crippen LogP contribution in [0.25, 0.3) is 10.9 Å². The van der Waals surface area contributed by atoms with Crippen molar-refractivity contribution in [1.82, 2.24) is 9.88 Å². The van der Waals surface area contributed by atoms with Crippen molar-refractivity contribution >= 4 is 22.8 Å². The van der Waals surface area contributed by atoms with Gasteiger partial charge in [-0.05, 0) is 31.2 Å². The van der Waals surface area contributed by atoms with Crippen molar-refractivity contribution in [2.45, 2.75) is 19.9 Å². The number of benzene rings is 2. The Morgan fingerprint density at radius 2 is 1.84 bits per heavy atom. The van der Waals surface area contributed by atoms with Gasteiger partial charge in [-0.25, -0.2) is 4.79 Å². The first-order chi connectivity index (χ1) is 15.0. The summed E-state index contributed by atoms with van der Waals surface area (Å²) in [6.45, 7) is 2.72. The number of nitrogens with zero attached hydrogens (tertiary/aromatic N) is 2. The molecule has 0 fully saturated rings. The van der Waals surface area contributed by atoms with Gasteiger partial charge in [-0.1, -0.05) is 11.6 Å². The highest BCUT2D eigenvalue weighted by Crippen LogP contribution is 2.32. The molecule has 4 rings (SSSR count). The van der Waals surface area contributed by atoms with Gasteiger partial charge in [0.15, 0.2) is 0 Å². The monoisotopic (exact) mass is 420 g/mol. The Morgan fingerprint density at radius 3 is 2.55 bits per heavy atom. The molecule has 0 N–H and O–H groups in total. The third kappa shape index (κ3) is 3.67. The van der Waals surface area contributed by atoms with Gasteiger partial charge in [-0.15, -0.1) is 0 Å². The maximum Gasteiger partial charge on any atom is 0.338 e. The van der Waals surface area contributed by atoms with Crippen LogP contribution in [0.4, 0.5) is 0 Å². The minimum atomic E-state index is -0.425. The molecule has 1 amide bonds. The van der Waals surface area contributed by atoms with Gasteiger partial charge < -0.3 is 19.1 Å². The Labute approximate surface area is 180 Å². The van der Waals surface area contributed by atoms with Gasteiger partial charge in [-0.3, -0.25) is 9.78 Å². The van der Waals surface area contributed by atoms with Crippen LogP contribution in [0.1, 0.15) is 37.5 Å². The van der Waals surface area contributed by atoms with Gasteiger partial charge in [-0.2, -0.15) is 0 Å². The van der Waals surface area contributed by atoms with Crippen molar-refractivity contribution in [3.8, 4) is 11.5 Å². The molecular weight excluding hydrogens is 396 g/mol. The molecule has 7 nitrogen and oxygen atoms in total. The first-order valence-electron chi connectivity index (χ1n) is 9.98. The number of fused-ring (bicyclic) bond motifs is 2. The lowest BCUT2D eigenvalue weighted by Gasteiger charge is -2.30. The molecule has 0 spiro atoms. The highest BCUT2D eigenvalue weighted by molar-refractivity contribution is 6.05. The molecule has 0 aliphatic carbocycles. The van der Waals surface area contributed by atoms with Crippen LogP contribution in [0.3, 0.4) is 0 Å². The van der Waals surface area contributed by atoms with E-state index in [0.717, 1.165) is 27.7 Å². The molecule has 1 aromatic heterocycles. The summed E-state index contributed by atoms with van der Waals surface area (Å²) in [7, 11) is 4.45. The number of carbonyl (C=O) groups is 2. The van der Waals surface area contributed by atoms with Crippen molar-refractivity contribution in [2.75, 3.05) is 27.9 Å². The van der Waals surface area contributed by atoms with Gasteiger partial charge in [0, 0.05) is 42.2 Å². The van der Waals surface area contributed by atoms with E-state index in [1.807, 2.05) is 25.1 Å². The Morgan fingerprint density at radius 1 is 1.03 bits per heavy atom. The van der Waals surface area contributed by atoms with Crippen LogP contribution in [0.2, 0.25) is 0 Å². The minimum absolute atomic E-state index is 0.176. The van der Waals surface area contributed by atoms with Gasteiger partial charge in [0.2, 0.25) is 0 Å². The maximum absolute atomic E-state index is 13.3. The number of ether oxygens (including phenoxy) is 3. The predicted molar refractivity (Wildman–Crippen MR) is 116 cm³/mol. The highest BCUT2D eigenvalue weighted by atomic mass is 16.5. The van der Waals surface area contributed by atoms with E-state index in [-0.39, 0.29) is 12.5 Å². The molecule has 7 heteroatoms. The number of hydrogen-bond donors (Lipinski definition) is 0. The van der Waals surface area contributed by atoms with E-state index in [1.54, 1.807) is 30.2 Å². The summed E-state index contributed by atoms with van der Waals surface area (Å²) in [5.41, 5.74) is 4.24. The van der Waals surface area contributed by atoms with Crippen molar-refractivity contribution < 1.29 is 23.8 Å². The third-order valence-corrected chi connectivity index (χ3v) is 5.61. The fraction of sp³-hybridized carbons (Fsp3) is 0.292. The topological polar surface area (TPSA) is 78.0 Å². The average Bonchev–Trinajstić information content (AvgIpc) is 2.80. The Hall–Kier alpha value is -3.61. The quantitative estimate of drug-likeness (QED) is 0.601. The molecule has 160 valence electrons. The van der Waals surface area contributed by atoms with E-state index in [0.29, 0.717) is 35.6 Å². The van der Waals surface area contributed by atoms with Gasteiger partial charge in [0.1, 0.15) is 11.5 Å². The standard InChI is InChI=1S/C24H24N2O5/c1-14-5-8-19-17(11-14)22(24(28)31-4)18-13-26(10-9-20(18)25-19)23(27)16-7-6-15(29-2)12-21(16)30-3/h5-8,11-12H,9-10,13H2,1-4H3. The molecule has 0 saturated carbocycles. The van der Waals surface area contributed by atoms with E-state index >= 15 is 0 Å². The van der Waals surface area contributed by atoms with Crippen molar-refractivity contribution in [3.63, 3.8) is 0 Å². The predicted octanol–water partition coefficient (Wildman–Crippen LogP) is 3.55. The van der Waals surface area contributed by atoms with Crippen molar-refractivity contribution in [1.29, 1.82) is 0 Å². The van der Waals surface area contributed by atoms with E-state index in [2.05, 4.69) is 0 Å². The van der Waals surface area contributed by atoms with Gasteiger partial charge >= 0.3 is 5.97 Å². The number of aromatic nitrogens is 1. The molecule has 31 heavy (non-hydrogen) atoms. The third-order valence-electron chi connectivity index (χ3n) is 5.61. The summed E-state index contributed by atoms with van der Waals surface area (Å²) in [5.74, 6) is 0.447. The Balaban J connectivity index is 1.77. The highest BCUT2D eigenvalue weighted by Gasteiger charge is 2.30. The molecule has 2 aromatic carbocycles. The van der Waals surface area contributed by atoms with Crippen LogP contribution in [0, 0.1) is 6.92 Å². The smallest absolute Gasteiger partial charge is 0.338 e. The van der Waals surface area contributed by atoms with Crippen LogP contribution >= 0.6 is 0 Å². The number of methoxy groups -OCH3 is 3. The fourth-order valence-electron chi connectivity index (χ4n) is 4.01. The van der Waals surface area contributed by atoms with Crippen LogP contribution in [-0.2, 0) is 17.7 Å². The zero-order chi connectivity index (χ0) is 22.1. The number of carbonyl (C=O) groups excluding carboxylic acids is 2. The maximum atomic E-state index is 13.3. The summed E-state index contributed by atoms with van der Waals surface area (Å²) in [6, 6.07) is 10.9. The molecule has 2 heterocycles. The summed E-state index contributed by atoms with van der Waals surface area (Å²) >= 11 is 0. The average molecular weight is 420 g/mol. The normalized spacial score (nSPS) is 13.0. The van der Waals surface area contributed by atoms with Gasteiger partial charge in [0.05, 0.1) is 38.0 Å². The molecule has 3 aromatic rings. The fourth-order valence-corrected chi connectivity index (χ4v) is 4.01. The lowest BCUT2D eigenvalue weighted by Crippen LogP contribution is -2.37. The van der Waals surface area contributed by atoms with Gasteiger partial charge in [0.25, 0.3) is 5.91 Å². The Bertz CT molecular complexity index is 1190. The molecule has 1 aliphatic heterocycles. The Kier molecular flexibility index (Phi) is 5.50. The lowest BCUT2D eigenvalue weighted by atomic mass is 9.94. The van der Waals surface area contributed by atoms with E-state index in [4.69, 9.17) is 19.2 Å². The minimum Gasteiger partial charge on any atom is -0.497 e. The van der Waals surface area contributed by atoms with Crippen molar-refractivity contribution in [2.24, 2.45) is 0 Å². The van der Waals surface area contributed by atoms with E-state index in [9.17, 15) is 9.59 Å². The second-order valence-electron chi connectivity index (χ2n) is 7.47. The number of amides is 1. The molecular formula is C24H24N2O5. The van der Waals surface area contributed by atoms with Crippen LogP contribution in [0.5, 0.6) is 11.5 Å². The molecule has 0 radical (unpaired) electrons. The second-order valence-corrected chi connectivity index (χ2v) is 7.47. The number of pyridine rings is 1. The number of hydrogen-bond acceptors (Lipinski definition) is 6. The van der Waals surface area contributed by atoms with E-state index in [1.165, 1.54) is 14.2 Å². The summed E-state index contributed by atoms with van der Waals surface area (Å²) in [6.07, 6.45) is 0.549. The second kappa shape index (κ2) is 8.26. The molecule has 0 unspecified atom stereocenters. The van der Waals surface area contributed by atoms with Crippen LogP contribution in [-0.4, -0.2) is 49.6 Å². The lowest BCUT2D eigenvalue weighted by molar-refractivity contribution is 0.0593. The number of esters is 1. The number of aryl methyl sites for hydroxylation is 1. The van der Waals surface area contributed by atoms with Crippen LogP contribution in [0.15, 0.2) is 36.4 Å². The summed E-state index contributed by atoms with van der Waals surface area (Å²) in [4.78, 5) is 32.5. The first-order valence-corrected chi connectivity index (χ1v) is 9.98. The zero-order valence-corrected chi connectivity index (χ0v) is 18.0. The van der Waals surface area contributed by atoms with Crippen LogP contribution < -0.4 is 9.47 Å². The largest absolute Gasteiger partial charge is 0.497 e. The van der Waals surface area contributed by atoms with E-state index < -0.39 is 5.97 Å². The summed E-state index contributed by atoms with van der Waals surface area (Å²) in [5, 5.41) is 0.738. The van der Waals surface area contributed by atoms with Crippen molar-refractivity contribution in [3.05, 3.63) is 64.3 Å².